The number of β-lactam (4-membered cyclic amide) rings is 1. The maximum Gasteiger partial charge on any atom is 0.405 e. The number of rotatable bonds is 2. The van der Waals surface area contributed by atoms with Crippen LogP contribution in [-0.2, 0) is 14.0 Å². The number of nitrogens with one attached hydrogen (secondary N) is 2. The van der Waals surface area contributed by atoms with Gasteiger partial charge in [0, 0.05) is 10.7 Å². The van der Waals surface area contributed by atoms with E-state index in [2.05, 4.69) is 0 Å². The summed E-state index contributed by atoms with van der Waals surface area (Å²) in [6.45, 7) is -0.247. The molecule has 0 aromatic heterocycles. The third-order valence-electron chi connectivity index (χ3n) is 1.68. The van der Waals surface area contributed by atoms with Gasteiger partial charge in [0.15, 0.2) is 0 Å². The molecule has 1 saturated heterocycles. The number of imide groups is 1. The van der Waals surface area contributed by atoms with Crippen LogP contribution in [0.15, 0.2) is 0 Å². The summed E-state index contributed by atoms with van der Waals surface area (Å²) in [5.41, 5.74) is 0. The van der Waals surface area contributed by atoms with Crippen molar-refractivity contribution in [3.05, 3.63) is 0 Å². The van der Waals surface area contributed by atoms with Gasteiger partial charge in [0.2, 0.25) is 0 Å². The van der Waals surface area contributed by atoms with Crippen molar-refractivity contribution < 1.29 is 27.9 Å². The number of hydrogen-bond donors (Lipinski definition) is 3. The van der Waals surface area contributed by atoms with Crippen LogP contribution in [0.25, 0.3) is 0 Å². The second-order valence-corrected chi connectivity index (χ2v) is 5.09. The summed E-state index contributed by atoms with van der Waals surface area (Å²) in [6, 6.07) is -2.26. The molecule has 4 amide bonds. The predicted molar refractivity (Wildman–Crippen MR) is 50.0 cm³/mol. The van der Waals surface area contributed by atoms with Crippen LogP contribution < -0.4 is 10.0 Å². The SMILES string of the molecule is O=C(O)N[C@H]1CN(C(=O)NS(=O)(=O)Cl)C1=O. The fourth-order valence-electron chi connectivity index (χ4n) is 1.03. The molecule has 1 aliphatic heterocycles. The minimum Gasteiger partial charge on any atom is -0.465 e. The molecule has 0 radical (unpaired) electrons. The molecule has 0 aliphatic carbocycles. The van der Waals surface area contributed by atoms with Gasteiger partial charge >= 0.3 is 21.4 Å². The lowest BCUT2D eigenvalue weighted by Gasteiger charge is -2.35. The van der Waals surface area contributed by atoms with Gasteiger partial charge in [-0.05, 0) is 0 Å². The minimum absolute atomic E-state index is 0.247. The number of carboxylic acid groups (broad SMARTS) is 1. The molecule has 11 heteroatoms. The lowest BCUT2D eigenvalue weighted by Crippen LogP contribution is -2.67. The number of halogens is 1. The maximum absolute atomic E-state index is 11.1. The highest BCUT2D eigenvalue weighted by molar-refractivity contribution is 8.12. The van der Waals surface area contributed by atoms with Crippen LogP contribution in [0.1, 0.15) is 0 Å². The summed E-state index contributed by atoms with van der Waals surface area (Å²) in [6.07, 6.45) is -1.41. The van der Waals surface area contributed by atoms with E-state index in [0.29, 0.717) is 4.90 Å². The zero-order chi connectivity index (χ0) is 12.5. The zero-order valence-corrected chi connectivity index (χ0v) is 9.08. The van der Waals surface area contributed by atoms with Crippen molar-refractivity contribution in [2.45, 2.75) is 6.04 Å². The Labute approximate surface area is 93.9 Å². The van der Waals surface area contributed by atoms with Crippen LogP contribution in [0.5, 0.6) is 0 Å². The third-order valence-corrected chi connectivity index (χ3v) is 2.33. The van der Waals surface area contributed by atoms with Crippen molar-refractivity contribution in [3.63, 3.8) is 0 Å². The van der Waals surface area contributed by atoms with Gasteiger partial charge in [0.05, 0.1) is 6.54 Å². The fourth-order valence-corrected chi connectivity index (χ4v) is 1.54. The van der Waals surface area contributed by atoms with Crippen molar-refractivity contribution >= 4 is 38.0 Å². The Morgan fingerprint density at radius 2 is 2.06 bits per heavy atom. The van der Waals surface area contributed by atoms with E-state index in [0.717, 1.165) is 0 Å². The van der Waals surface area contributed by atoms with E-state index in [1.165, 1.54) is 4.72 Å². The highest BCUT2D eigenvalue weighted by atomic mass is 35.7. The van der Waals surface area contributed by atoms with E-state index in [9.17, 15) is 22.8 Å². The molecule has 1 heterocycles. The Balaban J connectivity index is 2.53. The normalized spacial score (nSPS) is 19.9. The van der Waals surface area contributed by atoms with E-state index in [-0.39, 0.29) is 6.54 Å². The molecule has 16 heavy (non-hydrogen) atoms. The Morgan fingerprint density at radius 1 is 1.50 bits per heavy atom. The van der Waals surface area contributed by atoms with Crippen LogP contribution >= 0.6 is 10.7 Å². The molecule has 9 nitrogen and oxygen atoms in total. The summed E-state index contributed by atoms with van der Waals surface area (Å²) >= 11 is 0. The number of hydrogen-bond acceptors (Lipinski definition) is 5. The first-order chi connectivity index (χ1) is 7.20. The van der Waals surface area contributed by atoms with Gasteiger partial charge in [-0.2, -0.15) is 8.42 Å². The van der Waals surface area contributed by atoms with Gasteiger partial charge in [-0.25, -0.2) is 14.3 Å². The quantitative estimate of drug-likeness (QED) is 0.420. The average Bonchev–Trinajstić information content (AvgIpc) is 2.07. The number of urea groups is 1. The molecule has 1 fully saturated rings. The largest absolute Gasteiger partial charge is 0.465 e. The molecular weight excluding hydrogens is 266 g/mol. The fraction of sp³-hybridized carbons (Fsp3) is 0.400. The van der Waals surface area contributed by atoms with Gasteiger partial charge in [0.25, 0.3) is 5.91 Å². The number of likely N-dealkylation sites (tertiary alicyclic amines) is 1. The van der Waals surface area contributed by atoms with E-state index in [1.54, 1.807) is 0 Å². The van der Waals surface area contributed by atoms with Crippen LogP contribution in [-0.4, -0.2) is 49.0 Å². The van der Waals surface area contributed by atoms with Gasteiger partial charge in [-0.3, -0.25) is 9.69 Å². The van der Waals surface area contributed by atoms with Gasteiger partial charge in [0.1, 0.15) is 6.04 Å². The minimum atomic E-state index is -4.27. The molecule has 3 N–H and O–H groups in total. The molecule has 1 rings (SSSR count). The summed E-state index contributed by atoms with van der Waals surface area (Å²) in [4.78, 5) is 32.8. The smallest absolute Gasteiger partial charge is 0.405 e. The first kappa shape index (κ1) is 12.5. The monoisotopic (exact) mass is 271 g/mol. The number of carbonyl (C=O) groups is 3. The second kappa shape index (κ2) is 4.14. The Hall–Kier alpha value is -1.55. The first-order valence-corrected chi connectivity index (χ1v) is 6.09. The standard InChI is InChI=1S/C5H6ClN3O6S/c6-16(14,15)8-4(11)9-1-2(3(9)10)7-5(12)13/h2,7H,1H2,(H,8,11)(H,12,13)/t2-/m0/s1. The van der Waals surface area contributed by atoms with Crippen LogP contribution in [0.2, 0.25) is 0 Å². The highest BCUT2D eigenvalue weighted by Crippen LogP contribution is 2.10. The molecule has 0 bridgehead atoms. The van der Waals surface area contributed by atoms with Crippen LogP contribution in [0, 0.1) is 0 Å². The Bertz CT molecular complexity index is 447. The van der Waals surface area contributed by atoms with E-state index >= 15 is 0 Å². The van der Waals surface area contributed by atoms with Crippen molar-refractivity contribution in [2.75, 3.05) is 6.54 Å². The Morgan fingerprint density at radius 3 is 2.44 bits per heavy atom. The van der Waals surface area contributed by atoms with Gasteiger partial charge in [-0.15, -0.1) is 0 Å². The van der Waals surface area contributed by atoms with Crippen LogP contribution in [0.4, 0.5) is 9.59 Å². The van der Waals surface area contributed by atoms with E-state index in [4.69, 9.17) is 15.8 Å². The molecule has 0 aromatic rings. The third kappa shape index (κ3) is 2.97. The number of carbonyl (C=O) groups excluding carboxylic acids is 2. The zero-order valence-electron chi connectivity index (χ0n) is 7.51. The van der Waals surface area contributed by atoms with Crippen molar-refractivity contribution in [2.24, 2.45) is 0 Å². The maximum atomic E-state index is 11.1. The van der Waals surface area contributed by atoms with Gasteiger partial charge in [-0.1, -0.05) is 0 Å². The van der Waals surface area contributed by atoms with Crippen molar-refractivity contribution in [1.29, 1.82) is 0 Å². The van der Waals surface area contributed by atoms with E-state index < -0.39 is 33.3 Å². The van der Waals surface area contributed by atoms with Crippen molar-refractivity contribution in [1.82, 2.24) is 14.9 Å². The summed E-state index contributed by atoms with van der Waals surface area (Å²) in [5, 5.41) is 10.1. The summed E-state index contributed by atoms with van der Waals surface area (Å²) in [5.74, 6) is -0.847. The second-order valence-electron chi connectivity index (χ2n) is 2.80. The molecular formula is C5H6ClN3O6S. The molecule has 0 unspecified atom stereocenters. The lowest BCUT2D eigenvalue weighted by molar-refractivity contribution is -0.138. The van der Waals surface area contributed by atoms with Crippen LogP contribution in [0.3, 0.4) is 0 Å². The van der Waals surface area contributed by atoms with E-state index in [1.807, 2.05) is 5.32 Å². The topological polar surface area (TPSA) is 133 Å². The average molecular weight is 272 g/mol. The van der Waals surface area contributed by atoms with Gasteiger partial charge < -0.3 is 10.4 Å². The molecule has 1 aliphatic rings. The molecule has 0 aromatic carbocycles. The van der Waals surface area contributed by atoms with Crippen molar-refractivity contribution in [3.8, 4) is 0 Å². The summed E-state index contributed by atoms with van der Waals surface area (Å²) in [7, 11) is 0.448. The molecule has 90 valence electrons. The molecule has 0 spiro atoms. The number of amides is 4. The molecule has 0 saturated carbocycles. The summed E-state index contributed by atoms with van der Waals surface area (Å²) < 4.78 is 22.2. The lowest BCUT2D eigenvalue weighted by atomic mass is 10.1. The highest BCUT2D eigenvalue weighted by Gasteiger charge is 2.42. The Kier molecular flexibility index (Phi) is 3.24. The first-order valence-electron chi connectivity index (χ1n) is 3.78. The number of nitrogens with zero attached hydrogens (tertiary/aromatic N) is 1. The predicted octanol–water partition coefficient (Wildman–Crippen LogP) is -1.34. The molecule has 1 atom stereocenters.